The molecule has 2 nitrogen and oxygen atoms in total. The average Bonchev–Trinajstić information content (AvgIpc) is 2.52. The van der Waals surface area contributed by atoms with Crippen molar-refractivity contribution in [1.82, 2.24) is 10.2 Å². The van der Waals surface area contributed by atoms with Gasteiger partial charge in [0.15, 0.2) is 0 Å². The second-order valence-corrected chi connectivity index (χ2v) is 4.08. The number of rotatable bonds is 2. The lowest BCUT2D eigenvalue weighted by Crippen LogP contribution is -2.28. The van der Waals surface area contributed by atoms with E-state index in [0.29, 0.717) is 6.54 Å². The van der Waals surface area contributed by atoms with Crippen LogP contribution in [0.4, 0.5) is 8.78 Å². The minimum atomic E-state index is -0.447. The third-order valence-electron chi connectivity index (χ3n) is 2.88. The fraction of sp³-hybridized carbons (Fsp3) is 0.500. The van der Waals surface area contributed by atoms with Gasteiger partial charge >= 0.3 is 0 Å². The summed E-state index contributed by atoms with van der Waals surface area (Å²) in [5, 5.41) is 3.26. The minimum Gasteiger partial charge on any atom is -0.315 e. The highest BCUT2D eigenvalue weighted by Crippen LogP contribution is 2.15. The van der Waals surface area contributed by atoms with Gasteiger partial charge in [0.25, 0.3) is 0 Å². The third kappa shape index (κ3) is 3.91. The van der Waals surface area contributed by atoms with Gasteiger partial charge in [-0.3, -0.25) is 4.90 Å². The fourth-order valence-electron chi connectivity index (χ4n) is 1.97. The standard InChI is InChI=1S/C12H16F2N2.ClH/c13-11-3-1-4-12(14)10(11)9-16-7-2-5-15-6-8-16;/h1,3-4,15H,2,5-9H2;1H. The van der Waals surface area contributed by atoms with E-state index in [2.05, 4.69) is 10.2 Å². The molecule has 1 aromatic carbocycles. The van der Waals surface area contributed by atoms with Gasteiger partial charge in [-0.05, 0) is 31.6 Å². The summed E-state index contributed by atoms with van der Waals surface area (Å²) in [6, 6.07) is 4.03. The zero-order valence-corrected chi connectivity index (χ0v) is 10.4. The molecule has 1 N–H and O–H groups in total. The molecule has 1 heterocycles. The summed E-state index contributed by atoms with van der Waals surface area (Å²) in [7, 11) is 0. The SMILES string of the molecule is Cl.Fc1cccc(F)c1CN1CCCNCC1. The minimum absolute atomic E-state index is 0. The molecule has 0 saturated carbocycles. The van der Waals surface area contributed by atoms with Crippen LogP contribution in [0.2, 0.25) is 0 Å². The molecule has 0 radical (unpaired) electrons. The third-order valence-corrected chi connectivity index (χ3v) is 2.88. The Balaban J connectivity index is 0.00000144. The van der Waals surface area contributed by atoms with Crippen molar-refractivity contribution >= 4 is 12.4 Å². The van der Waals surface area contributed by atoms with E-state index in [9.17, 15) is 8.78 Å². The molecule has 17 heavy (non-hydrogen) atoms. The molecule has 96 valence electrons. The van der Waals surface area contributed by atoms with Crippen LogP contribution >= 0.6 is 12.4 Å². The number of nitrogens with zero attached hydrogens (tertiary/aromatic N) is 1. The Bertz CT molecular complexity index is 332. The lowest BCUT2D eigenvalue weighted by Gasteiger charge is -2.19. The molecule has 0 bridgehead atoms. The number of halogens is 3. The normalized spacial score (nSPS) is 17.3. The number of nitrogens with one attached hydrogen (secondary N) is 1. The van der Waals surface area contributed by atoms with Crippen LogP contribution in [-0.4, -0.2) is 31.1 Å². The van der Waals surface area contributed by atoms with Crippen molar-refractivity contribution in [3.8, 4) is 0 Å². The topological polar surface area (TPSA) is 15.3 Å². The van der Waals surface area contributed by atoms with Crippen molar-refractivity contribution in [2.45, 2.75) is 13.0 Å². The first-order valence-electron chi connectivity index (χ1n) is 5.63. The molecule has 5 heteroatoms. The van der Waals surface area contributed by atoms with E-state index >= 15 is 0 Å². The van der Waals surface area contributed by atoms with Gasteiger partial charge in [0.05, 0.1) is 0 Å². The van der Waals surface area contributed by atoms with E-state index in [4.69, 9.17) is 0 Å². The van der Waals surface area contributed by atoms with Gasteiger partial charge in [-0.25, -0.2) is 8.78 Å². The highest BCUT2D eigenvalue weighted by molar-refractivity contribution is 5.85. The summed E-state index contributed by atoms with van der Waals surface area (Å²) in [5.74, 6) is -0.894. The first-order chi connectivity index (χ1) is 7.77. The van der Waals surface area contributed by atoms with Gasteiger partial charge < -0.3 is 5.32 Å². The van der Waals surface area contributed by atoms with Crippen LogP contribution in [-0.2, 0) is 6.54 Å². The molecule has 1 fully saturated rings. The maximum atomic E-state index is 13.4. The van der Waals surface area contributed by atoms with Crippen molar-refractivity contribution in [3.05, 3.63) is 35.4 Å². The van der Waals surface area contributed by atoms with Crippen molar-refractivity contribution in [2.75, 3.05) is 26.2 Å². The quantitative estimate of drug-likeness (QED) is 0.879. The number of hydrogen-bond donors (Lipinski definition) is 1. The summed E-state index contributed by atoms with van der Waals surface area (Å²) >= 11 is 0. The fourth-order valence-corrected chi connectivity index (χ4v) is 1.97. The molecule has 1 aliphatic heterocycles. The molecule has 1 aliphatic rings. The van der Waals surface area contributed by atoms with Crippen LogP contribution in [0.25, 0.3) is 0 Å². The molecule has 1 aromatic rings. The molecule has 0 amide bonds. The predicted octanol–water partition coefficient (Wildman–Crippen LogP) is 2.18. The predicted molar refractivity (Wildman–Crippen MR) is 66.4 cm³/mol. The maximum absolute atomic E-state index is 13.4. The van der Waals surface area contributed by atoms with Gasteiger partial charge in [-0.1, -0.05) is 6.07 Å². The molecule has 2 rings (SSSR count). The summed E-state index contributed by atoms with van der Waals surface area (Å²) in [6.07, 6.45) is 1.02. The second kappa shape index (κ2) is 6.89. The Morgan fingerprint density at radius 2 is 1.82 bits per heavy atom. The van der Waals surface area contributed by atoms with Crippen molar-refractivity contribution < 1.29 is 8.78 Å². The van der Waals surface area contributed by atoms with E-state index in [0.717, 1.165) is 32.6 Å². The van der Waals surface area contributed by atoms with Crippen molar-refractivity contribution in [1.29, 1.82) is 0 Å². The Labute approximate surface area is 106 Å². The van der Waals surface area contributed by atoms with Gasteiger partial charge in [0.2, 0.25) is 0 Å². The van der Waals surface area contributed by atoms with Crippen molar-refractivity contribution in [2.24, 2.45) is 0 Å². The van der Waals surface area contributed by atoms with E-state index in [1.807, 2.05) is 0 Å². The van der Waals surface area contributed by atoms with Gasteiger partial charge in [-0.15, -0.1) is 12.4 Å². The highest BCUT2D eigenvalue weighted by Gasteiger charge is 2.14. The number of hydrogen-bond acceptors (Lipinski definition) is 2. The zero-order chi connectivity index (χ0) is 11.4. The Hall–Kier alpha value is -0.710. The first kappa shape index (κ1) is 14.4. The first-order valence-corrected chi connectivity index (χ1v) is 5.63. The molecular formula is C12H17ClF2N2. The number of benzene rings is 1. The van der Waals surface area contributed by atoms with E-state index in [1.54, 1.807) is 0 Å². The Morgan fingerprint density at radius 3 is 2.53 bits per heavy atom. The van der Waals surface area contributed by atoms with Crippen LogP contribution in [0.5, 0.6) is 0 Å². The van der Waals surface area contributed by atoms with Crippen LogP contribution in [0.3, 0.4) is 0 Å². The van der Waals surface area contributed by atoms with E-state index in [1.165, 1.54) is 18.2 Å². The van der Waals surface area contributed by atoms with Crippen LogP contribution in [0.15, 0.2) is 18.2 Å². The van der Waals surface area contributed by atoms with E-state index in [-0.39, 0.29) is 18.0 Å². The maximum Gasteiger partial charge on any atom is 0.130 e. The molecule has 0 aliphatic carbocycles. The summed E-state index contributed by atoms with van der Waals surface area (Å²) in [4.78, 5) is 2.08. The molecule has 0 atom stereocenters. The van der Waals surface area contributed by atoms with Crippen LogP contribution in [0.1, 0.15) is 12.0 Å². The monoisotopic (exact) mass is 262 g/mol. The molecule has 0 spiro atoms. The zero-order valence-electron chi connectivity index (χ0n) is 9.59. The highest BCUT2D eigenvalue weighted by atomic mass is 35.5. The molecule has 1 saturated heterocycles. The van der Waals surface area contributed by atoms with Gasteiger partial charge in [0.1, 0.15) is 11.6 Å². The van der Waals surface area contributed by atoms with Gasteiger partial charge in [0, 0.05) is 25.2 Å². The van der Waals surface area contributed by atoms with Gasteiger partial charge in [-0.2, -0.15) is 0 Å². The summed E-state index contributed by atoms with van der Waals surface area (Å²) < 4.78 is 26.8. The largest absolute Gasteiger partial charge is 0.315 e. The van der Waals surface area contributed by atoms with Crippen molar-refractivity contribution in [3.63, 3.8) is 0 Å². The molecule has 0 unspecified atom stereocenters. The second-order valence-electron chi connectivity index (χ2n) is 4.08. The van der Waals surface area contributed by atoms with Crippen LogP contribution in [0, 0.1) is 11.6 Å². The lowest BCUT2D eigenvalue weighted by atomic mass is 10.2. The smallest absolute Gasteiger partial charge is 0.130 e. The summed E-state index contributed by atoms with van der Waals surface area (Å²) in [6.45, 7) is 3.96. The Kier molecular flexibility index (Phi) is 5.82. The van der Waals surface area contributed by atoms with Crippen LogP contribution < -0.4 is 5.32 Å². The molecular weight excluding hydrogens is 246 g/mol. The lowest BCUT2D eigenvalue weighted by molar-refractivity contribution is 0.275. The molecule has 0 aromatic heterocycles. The summed E-state index contributed by atoms with van der Waals surface area (Å²) in [5.41, 5.74) is 0.185. The van der Waals surface area contributed by atoms with E-state index < -0.39 is 11.6 Å². The average molecular weight is 263 g/mol. The Morgan fingerprint density at radius 1 is 1.12 bits per heavy atom.